The smallest absolute Gasteiger partial charge is 0.00964 e. The largest absolute Gasteiger partial charge is 0.311 e. The summed E-state index contributed by atoms with van der Waals surface area (Å²) in [6, 6.07) is 3.27. The average Bonchev–Trinajstić information content (AvgIpc) is 3.25. The molecule has 0 aromatic carbocycles. The minimum absolute atomic E-state index is 0.725. The first-order chi connectivity index (χ1) is 9.22. The Hall–Kier alpha value is -0.120. The van der Waals surface area contributed by atoms with Crippen molar-refractivity contribution in [3.8, 4) is 0 Å². The Morgan fingerprint density at radius 3 is 1.79 bits per heavy atom. The van der Waals surface area contributed by atoms with Crippen LogP contribution in [0.5, 0.6) is 0 Å². The molecule has 2 heterocycles. The van der Waals surface area contributed by atoms with Gasteiger partial charge < -0.3 is 15.1 Å². The number of hydrogen-bond acceptors (Lipinski definition) is 3. The van der Waals surface area contributed by atoms with Crippen LogP contribution in [0.4, 0.5) is 0 Å². The van der Waals surface area contributed by atoms with E-state index in [0.717, 1.165) is 24.2 Å². The Balaban J connectivity index is 1.36. The Bertz CT molecular complexity index is 252. The molecule has 0 aromatic rings. The summed E-state index contributed by atoms with van der Waals surface area (Å²) in [5, 5.41) is 3.94. The molecule has 3 fully saturated rings. The molecule has 1 aliphatic carbocycles. The van der Waals surface area contributed by atoms with Gasteiger partial charge in [-0.15, -0.1) is 0 Å². The molecule has 1 N–H and O–H groups in total. The Morgan fingerprint density at radius 1 is 0.789 bits per heavy atom. The van der Waals surface area contributed by atoms with Crippen molar-refractivity contribution in [3.05, 3.63) is 0 Å². The van der Waals surface area contributed by atoms with Crippen molar-refractivity contribution in [3.63, 3.8) is 0 Å². The predicted molar refractivity (Wildman–Crippen MR) is 80.5 cm³/mol. The van der Waals surface area contributed by atoms with Crippen molar-refractivity contribution < 1.29 is 0 Å². The predicted octanol–water partition coefficient (Wildman–Crippen LogP) is 2.08. The maximum atomic E-state index is 3.94. The third kappa shape index (κ3) is 3.71. The molecule has 0 radical (unpaired) electrons. The molecule has 19 heavy (non-hydrogen) atoms. The fourth-order valence-electron chi connectivity index (χ4n) is 3.79. The van der Waals surface area contributed by atoms with E-state index in [1.807, 2.05) is 0 Å². The zero-order valence-electron chi connectivity index (χ0n) is 12.8. The summed E-state index contributed by atoms with van der Waals surface area (Å²) in [6.45, 7) is 9.90. The van der Waals surface area contributed by atoms with Crippen LogP contribution < -0.4 is 5.32 Å². The SMILES string of the molecule is CC(C)N1CCC(NC2CCN(C3CC3)CC2)CC1. The Labute approximate surface area is 118 Å². The van der Waals surface area contributed by atoms with Crippen molar-refractivity contribution in [1.82, 2.24) is 15.1 Å². The fourth-order valence-corrected chi connectivity index (χ4v) is 3.79. The van der Waals surface area contributed by atoms with Crippen LogP contribution in [0.2, 0.25) is 0 Å². The lowest BCUT2D eigenvalue weighted by Gasteiger charge is -2.39. The van der Waals surface area contributed by atoms with Gasteiger partial charge in [0.25, 0.3) is 0 Å². The maximum absolute atomic E-state index is 3.94. The van der Waals surface area contributed by atoms with Gasteiger partial charge in [-0.05, 0) is 78.6 Å². The van der Waals surface area contributed by atoms with Gasteiger partial charge in [-0.1, -0.05) is 0 Å². The van der Waals surface area contributed by atoms with Crippen LogP contribution in [0, 0.1) is 0 Å². The molecule has 2 saturated heterocycles. The van der Waals surface area contributed by atoms with Gasteiger partial charge in [0.2, 0.25) is 0 Å². The van der Waals surface area contributed by atoms with Gasteiger partial charge in [0.05, 0.1) is 0 Å². The minimum Gasteiger partial charge on any atom is -0.311 e. The van der Waals surface area contributed by atoms with E-state index in [4.69, 9.17) is 0 Å². The number of rotatable bonds is 4. The maximum Gasteiger partial charge on any atom is 0.00964 e. The van der Waals surface area contributed by atoms with Gasteiger partial charge in [-0.3, -0.25) is 0 Å². The normalized spacial score (nSPS) is 29.2. The summed E-state index contributed by atoms with van der Waals surface area (Å²) in [5.74, 6) is 0. The molecule has 0 atom stereocenters. The van der Waals surface area contributed by atoms with Crippen LogP contribution in [-0.2, 0) is 0 Å². The molecule has 3 rings (SSSR count). The van der Waals surface area contributed by atoms with E-state index < -0.39 is 0 Å². The van der Waals surface area contributed by atoms with E-state index in [1.165, 1.54) is 64.7 Å². The molecule has 3 heteroatoms. The third-order valence-electron chi connectivity index (χ3n) is 5.32. The lowest BCUT2D eigenvalue weighted by molar-refractivity contribution is 0.138. The summed E-state index contributed by atoms with van der Waals surface area (Å²) in [6.07, 6.45) is 8.38. The summed E-state index contributed by atoms with van der Waals surface area (Å²) >= 11 is 0. The molecule has 3 nitrogen and oxygen atoms in total. The van der Waals surface area contributed by atoms with E-state index in [2.05, 4.69) is 29.0 Å². The molecule has 0 aromatic heterocycles. The second-order valence-corrected chi connectivity index (χ2v) is 7.11. The number of hydrogen-bond donors (Lipinski definition) is 1. The molecule has 3 aliphatic rings. The van der Waals surface area contributed by atoms with Crippen LogP contribution in [0.15, 0.2) is 0 Å². The van der Waals surface area contributed by atoms with Gasteiger partial charge in [-0.25, -0.2) is 0 Å². The Kier molecular flexibility index (Phi) is 4.45. The molecule has 0 amide bonds. The van der Waals surface area contributed by atoms with Gasteiger partial charge in [0.1, 0.15) is 0 Å². The molecular weight excluding hydrogens is 234 g/mol. The minimum atomic E-state index is 0.725. The molecule has 0 bridgehead atoms. The molecule has 110 valence electrons. The van der Waals surface area contributed by atoms with Crippen molar-refractivity contribution in [2.45, 2.75) is 76.5 Å². The first-order valence-corrected chi connectivity index (χ1v) is 8.46. The lowest BCUT2D eigenvalue weighted by Crippen LogP contribution is -2.51. The highest BCUT2D eigenvalue weighted by Gasteiger charge is 2.32. The molecule has 2 aliphatic heterocycles. The highest BCUT2D eigenvalue weighted by atomic mass is 15.2. The number of piperidine rings is 2. The fraction of sp³-hybridized carbons (Fsp3) is 1.00. The van der Waals surface area contributed by atoms with Crippen molar-refractivity contribution in [2.75, 3.05) is 26.2 Å². The third-order valence-corrected chi connectivity index (χ3v) is 5.32. The first kappa shape index (κ1) is 13.8. The number of likely N-dealkylation sites (tertiary alicyclic amines) is 2. The van der Waals surface area contributed by atoms with E-state index in [1.54, 1.807) is 0 Å². The second kappa shape index (κ2) is 6.11. The highest BCUT2D eigenvalue weighted by Crippen LogP contribution is 2.29. The summed E-state index contributed by atoms with van der Waals surface area (Å²) in [5.41, 5.74) is 0. The van der Waals surface area contributed by atoms with Gasteiger partial charge >= 0.3 is 0 Å². The molecule has 1 saturated carbocycles. The van der Waals surface area contributed by atoms with Crippen LogP contribution in [0.25, 0.3) is 0 Å². The van der Waals surface area contributed by atoms with Crippen LogP contribution in [0.1, 0.15) is 52.4 Å². The quantitative estimate of drug-likeness (QED) is 0.839. The van der Waals surface area contributed by atoms with E-state index in [0.29, 0.717) is 0 Å². The summed E-state index contributed by atoms with van der Waals surface area (Å²) in [7, 11) is 0. The molecule has 0 unspecified atom stereocenters. The van der Waals surface area contributed by atoms with E-state index in [-0.39, 0.29) is 0 Å². The summed E-state index contributed by atoms with van der Waals surface area (Å²) in [4.78, 5) is 5.34. The standard InChI is InChI=1S/C16H31N3/c1-13(2)18-9-5-14(6-10-18)17-15-7-11-19(12-8-15)16-3-4-16/h13-17H,3-12H2,1-2H3. The van der Waals surface area contributed by atoms with Crippen molar-refractivity contribution in [2.24, 2.45) is 0 Å². The molecular formula is C16H31N3. The first-order valence-electron chi connectivity index (χ1n) is 8.46. The van der Waals surface area contributed by atoms with Crippen LogP contribution in [-0.4, -0.2) is 60.1 Å². The zero-order valence-corrected chi connectivity index (χ0v) is 12.8. The Morgan fingerprint density at radius 2 is 1.32 bits per heavy atom. The lowest BCUT2D eigenvalue weighted by atomic mass is 9.99. The zero-order chi connectivity index (χ0) is 13.2. The van der Waals surface area contributed by atoms with Crippen LogP contribution in [0.3, 0.4) is 0 Å². The number of nitrogens with zero attached hydrogens (tertiary/aromatic N) is 2. The number of nitrogens with one attached hydrogen (secondary N) is 1. The van der Waals surface area contributed by atoms with Gasteiger partial charge in [0.15, 0.2) is 0 Å². The van der Waals surface area contributed by atoms with Crippen LogP contribution >= 0.6 is 0 Å². The van der Waals surface area contributed by atoms with Gasteiger partial charge in [0, 0.05) is 24.2 Å². The van der Waals surface area contributed by atoms with Crippen molar-refractivity contribution >= 4 is 0 Å². The molecule has 0 spiro atoms. The monoisotopic (exact) mass is 265 g/mol. The topological polar surface area (TPSA) is 18.5 Å². The average molecular weight is 265 g/mol. The summed E-state index contributed by atoms with van der Waals surface area (Å²) < 4.78 is 0. The van der Waals surface area contributed by atoms with E-state index >= 15 is 0 Å². The second-order valence-electron chi connectivity index (χ2n) is 7.11. The highest BCUT2D eigenvalue weighted by molar-refractivity contribution is 4.90. The van der Waals surface area contributed by atoms with Crippen molar-refractivity contribution in [1.29, 1.82) is 0 Å². The van der Waals surface area contributed by atoms with E-state index in [9.17, 15) is 0 Å². The van der Waals surface area contributed by atoms with Gasteiger partial charge in [-0.2, -0.15) is 0 Å².